The Balaban J connectivity index is 1.65. The summed E-state index contributed by atoms with van der Waals surface area (Å²) in [6.07, 6.45) is 0. The Bertz CT molecular complexity index is 1500. The lowest BCUT2D eigenvalue weighted by Crippen LogP contribution is -2.21. The molecule has 0 atom stereocenters. The molecular weight excluding hydrogens is 511 g/mol. The van der Waals surface area contributed by atoms with E-state index in [2.05, 4.69) is 25.9 Å². The van der Waals surface area contributed by atoms with Crippen LogP contribution in [0, 0.1) is 10.1 Å². The third kappa shape index (κ3) is 5.59. The van der Waals surface area contributed by atoms with Crippen molar-refractivity contribution in [2.45, 2.75) is 0 Å². The van der Waals surface area contributed by atoms with Gasteiger partial charge in [0.2, 0.25) is 5.95 Å². The molecule has 0 spiro atoms. The van der Waals surface area contributed by atoms with Crippen LogP contribution in [0.4, 0.5) is 33.6 Å². The molecule has 182 valence electrons. The minimum absolute atomic E-state index is 0.0670. The number of hydrogen-bond donors (Lipinski definition) is 3. The molecule has 4 rings (SSSR count). The number of aromatic nitrogens is 2. The SMILES string of the molecule is COC(=O)c1ccc(Nc2nc(NC(=O)Nc3ccc(Cl)c(Cl)c3)nc3ccc([N+](=O)[O-])cc23)cc1. The third-order valence-electron chi connectivity index (χ3n) is 4.86. The zero-order chi connectivity index (χ0) is 25.8. The molecule has 36 heavy (non-hydrogen) atoms. The first-order chi connectivity index (χ1) is 17.2. The van der Waals surface area contributed by atoms with Crippen molar-refractivity contribution in [3.63, 3.8) is 0 Å². The lowest BCUT2D eigenvalue weighted by molar-refractivity contribution is -0.384. The monoisotopic (exact) mass is 526 g/mol. The van der Waals surface area contributed by atoms with Crippen LogP contribution in [0.25, 0.3) is 10.9 Å². The maximum Gasteiger partial charge on any atom is 0.337 e. The molecule has 0 saturated heterocycles. The van der Waals surface area contributed by atoms with Crippen molar-refractivity contribution in [3.05, 3.63) is 86.4 Å². The van der Waals surface area contributed by atoms with Crippen LogP contribution in [0.5, 0.6) is 0 Å². The molecule has 13 heteroatoms. The summed E-state index contributed by atoms with van der Waals surface area (Å²) in [6, 6.07) is 14.3. The first kappa shape index (κ1) is 24.6. The number of benzene rings is 3. The molecule has 0 aliphatic rings. The molecule has 0 aliphatic carbocycles. The van der Waals surface area contributed by atoms with Gasteiger partial charge in [-0.15, -0.1) is 0 Å². The normalized spacial score (nSPS) is 10.5. The predicted molar refractivity (Wildman–Crippen MR) is 136 cm³/mol. The van der Waals surface area contributed by atoms with Gasteiger partial charge in [-0.05, 0) is 48.5 Å². The van der Waals surface area contributed by atoms with Gasteiger partial charge in [-0.2, -0.15) is 4.98 Å². The van der Waals surface area contributed by atoms with Crippen molar-refractivity contribution in [3.8, 4) is 0 Å². The molecule has 0 fully saturated rings. The Morgan fingerprint density at radius 1 is 0.917 bits per heavy atom. The van der Waals surface area contributed by atoms with Gasteiger partial charge in [0.25, 0.3) is 5.69 Å². The van der Waals surface area contributed by atoms with E-state index in [1.807, 2.05) is 0 Å². The Labute approximate surface area is 213 Å². The van der Waals surface area contributed by atoms with Crippen molar-refractivity contribution < 1.29 is 19.2 Å². The number of fused-ring (bicyclic) bond motifs is 1. The lowest BCUT2D eigenvalue weighted by atomic mass is 10.2. The standard InChI is InChI=1S/C23H16Cl2N6O5/c1-36-21(32)12-2-4-13(5-3-12)26-20-16-11-15(31(34)35)7-9-19(16)28-22(29-20)30-23(33)27-14-6-8-17(24)18(25)10-14/h2-11H,1H3,(H3,26,27,28,29,30,33). The van der Waals surface area contributed by atoms with E-state index in [1.54, 1.807) is 30.3 Å². The number of nitro groups is 1. The minimum atomic E-state index is -0.650. The van der Waals surface area contributed by atoms with Crippen molar-refractivity contribution in [1.29, 1.82) is 0 Å². The highest BCUT2D eigenvalue weighted by Crippen LogP contribution is 2.29. The first-order valence-corrected chi connectivity index (χ1v) is 10.9. The van der Waals surface area contributed by atoms with Crippen LogP contribution in [-0.4, -0.2) is 34.0 Å². The van der Waals surface area contributed by atoms with Gasteiger partial charge in [-0.3, -0.25) is 15.4 Å². The zero-order valence-corrected chi connectivity index (χ0v) is 19.9. The molecule has 11 nitrogen and oxygen atoms in total. The molecule has 1 heterocycles. The van der Waals surface area contributed by atoms with Gasteiger partial charge in [-0.1, -0.05) is 23.2 Å². The number of methoxy groups -OCH3 is 1. The second kappa shape index (κ2) is 10.4. The van der Waals surface area contributed by atoms with Gasteiger partial charge >= 0.3 is 12.0 Å². The third-order valence-corrected chi connectivity index (χ3v) is 5.60. The summed E-state index contributed by atoms with van der Waals surface area (Å²) in [6.45, 7) is 0. The Kier molecular flexibility index (Phi) is 7.13. The average molecular weight is 527 g/mol. The second-order valence-corrected chi connectivity index (χ2v) is 8.07. The Morgan fingerprint density at radius 3 is 2.31 bits per heavy atom. The van der Waals surface area contributed by atoms with Gasteiger partial charge in [0.05, 0.1) is 33.2 Å². The maximum atomic E-state index is 12.5. The fraction of sp³-hybridized carbons (Fsp3) is 0.0435. The van der Waals surface area contributed by atoms with Crippen molar-refractivity contribution >= 4 is 74.9 Å². The van der Waals surface area contributed by atoms with Crippen LogP contribution >= 0.6 is 23.2 Å². The molecule has 0 aliphatic heterocycles. The fourth-order valence-corrected chi connectivity index (χ4v) is 3.46. The fourth-order valence-electron chi connectivity index (χ4n) is 3.16. The number of non-ortho nitro benzene ring substituents is 1. The molecule has 3 N–H and O–H groups in total. The summed E-state index contributed by atoms with van der Waals surface area (Å²) in [5, 5.41) is 20.4. The first-order valence-electron chi connectivity index (χ1n) is 10.2. The number of amides is 2. The van der Waals surface area contributed by atoms with Crippen molar-refractivity contribution in [2.24, 2.45) is 0 Å². The molecule has 3 aromatic carbocycles. The zero-order valence-electron chi connectivity index (χ0n) is 18.4. The molecular formula is C23H16Cl2N6O5. The average Bonchev–Trinajstić information content (AvgIpc) is 2.86. The highest BCUT2D eigenvalue weighted by molar-refractivity contribution is 6.42. The summed E-state index contributed by atoms with van der Waals surface area (Å²) >= 11 is 11.9. The second-order valence-electron chi connectivity index (χ2n) is 7.26. The highest BCUT2D eigenvalue weighted by Gasteiger charge is 2.15. The van der Waals surface area contributed by atoms with Crippen LogP contribution in [0.2, 0.25) is 10.0 Å². The summed E-state index contributed by atoms with van der Waals surface area (Å²) < 4.78 is 4.69. The Morgan fingerprint density at radius 2 is 1.64 bits per heavy atom. The van der Waals surface area contributed by atoms with E-state index in [-0.39, 0.29) is 22.5 Å². The van der Waals surface area contributed by atoms with E-state index < -0.39 is 16.9 Å². The molecule has 1 aromatic heterocycles. The Hall–Kier alpha value is -4.48. The van der Waals surface area contributed by atoms with Crippen LogP contribution in [0.3, 0.4) is 0 Å². The molecule has 0 unspecified atom stereocenters. The van der Waals surface area contributed by atoms with E-state index in [0.717, 1.165) is 0 Å². The number of carbonyl (C=O) groups is 2. The number of rotatable bonds is 6. The van der Waals surface area contributed by atoms with Crippen molar-refractivity contribution in [2.75, 3.05) is 23.1 Å². The van der Waals surface area contributed by atoms with Gasteiger partial charge in [0, 0.05) is 28.9 Å². The van der Waals surface area contributed by atoms with Crippen LogP contribution in [0.15, 0.2) is 60.7 Å². The molecule has 2 amide bonds. The highest BCUT2D eigenvalue weighted by atomic mass is 35.5. The van der Waals surface area contributed by atoms with E-state index in [4.69, 9.17) is 27.9 Å². The predicted octanol–water partition coefficient (Wildman–Crippen LogP) is 6.02. The van der Waals surface area contributed by atoms with Crippen molar-refractivity contribution in [1.82, 2.24) is 9.97 Å². The van der Waals surface area contributed by atoms with Crippen LogP contribution in [-0.2, 0) is 4.74 Å². The number of nitro benzene ring substituents is 1. The number of urea groups is 1. The molecule has 0 saturated carbocycles. The van der Waals surface area contributed by atoms with E-state index in [9.17, 15) is 19.7 Å². The van der Waals surface area contributed by atoms with Gasteiger partial charge in [-0.25, -0.2) is 14.6 Å². The summed E-state index contributed by atoms with van der Waals surface area (Å²) in [4.78, 5) is 43.6. The summed E-state index contributed by atoms with van der Waals surface area (Å²) in [7, 11) is 1.28. The number of ether oxygens (including phenoxy) is 1. The smallest absolute Gasteiger partial charge is 0.337 e. The number of nitrogens with zero attached hydrogens (tertiary/aromatic N) is 3. The largest absolute Gasteiger partial charge is 0.465 e. The van der Waals surface area contributed by atoms with Crippen LogP contribution < -0.4 is 16.0 Å². The quantitative estimate of drug-likeness (QED) is 0.157. The number of carbonyl (C=O) groups excluding carboxylic acids is 2. The van der Waals surface area contributed by atoms with E-state index >= 15 is 0 Å². The number of hydrogen-bond acceptors (Lipinski definition) is 8. The minimum Gasteiger partial charge on any atom is -0.465 e. The van der Waals surface area contributed by atoms with Gasteiger partial charge in [0.1, 0.15) is 5.82 Å². The molecule has 4 aromatic rings. The van der Waals surface area contributed by atoms with Gasteiger partial charge in [0.15, 0.2) is 0 Å². The summed E-state index contributed by atoms with van der Waals surface area (Å²) in [5.74, 6) is -0.369. The molecule has 0 bridgehead atoms. The number of anilines is 4. The topological polar surface area (TPSA) is 148 Å². The summed E-state index contributed by atoms with van der Waals surface area (Å²) in [5.41, 5.74) is 1.44. The van der Waals surface area contributed by atoms with Crippen LogP contribution in [0.1, 0.15) is 10.4 Å². The maximum absolute atomic E-state index is 12.5. The molecule has 0 radical (unpaired) electrons. The number of halogens is 2. The number of esters is 1. The van der Waals surface area contributed by atoms with E-state index in [0.29, 0.717) is 32.9 Å². The number of nitrogens with one attached hydrogen (secondary N) is 3. The lowest BCUT2D eigenvalue weighted by Gasteiger charge is -2.12. The van der Waals surface area contributed by atoms with Gasteiger partial charge < -0.3 is 15.4 Å². The van der Waals surface area contributed by atoms with E-state index in [1.165, 1.54) is 37.4 Å².